The minimum Gasteiger partial charge on any atom is -0.464 e. The number of hydrogen-bond acceptors (Lipinski definition) is 4. The molecule has 23 heavy (non-hydrogen) atoms. The van der Waals surface area contributed by atoms with Gasteiger partial charge in [-0.25, -0.2) is 0 Å². The highest BCUT2D eigenvalue weighted by Gasteiger charge is 2.36. The van der Waals surface area contributed by atoms with Crippen LogP contribution in [0.4, 0.5) is 5.69 Å². The van der Waals surface area contributed by atoms with E-state index in [1.165, 1.54) is 6.42 Å². The molecule has 2 atom stereocenters. The monoisotopic (exact) mass is 314 g/mol. The fourth-order valence-corrected chi connectivity index (χ4v) is 3.30. The van der Waals surface area contributed by atoms with Gasteiger partial charge in [0.25, 0.3) is 0 Å². The van der Waals surface area contributed by atoms with Crippen LogP contribution in [0, 0.1) is 5.92 Å². The summed E-state index contributed by atoms with van der Waals surface area (Å²) in [5.41, 5.74) is 0.875. The average Bonchev–Trinajstić information content (AvgIpc) is 2.90. The van der Waals surface area contributed by atoms with Crippen LogP contribution in [0.1, 0.15) is 30.8 Å². The molecule has 2 aromatic rings. The smallest absolute Gasteiger partial charge is 0.241 e. The molecule has 2 unspecified atom stereocenters. The Bertz CT molecular complexity index is 720. The van der Waals surface area contributed by atoms with E-state index in [0.29, 0.717) is 25.6 Å². The summed E-state index contributed by atoms with van der Waals surface area (Å²) in [4.78, 5) is 16.3. The van der Waals surface area contributed by atoms with Gasteiger partial charge >= 0.3 is 0 Å². The number of furan rings is 1. The molecule has 0 spiro atoms. The van der Waals surface area contributed by atoms with Crippen molar-refractivity contribution in [1.82, 2.24) is 14.7 Å². The molecule has 2 aliphatic rings. The number of aromatic nitrogens is 2. The van der Waals surface area contributed by atoms with Crippen LogP contribution in [0.25, 0.3) is 0 Å². The van der Waals surface area contributed by atoms with Crippen LogP contribution < -0.4 is 4.90 Å². The second kappa shape index (κ2) is 5.53. The maximum atomic E-state index is 12.4. The number of rotatable bonds is 4. The van der Waals surface area contributed by atoms with Crippen LogP contribution in [0.5, 0.6) is 0 Å². The molecule has 0 aromatic carbocycles. The van der Waals surface area contributed by atoms with Crippen LogP contribution in [-0.2, 0) is 18.4 Å². The van der Waals surface area contributed by atoms with Gasteiger partial charge in [0, 0.05) is 32.3 Å². The first-order valence-corrected chi connectivity index (χ1v) is 8.20. The van der Waals surface area contributed by atoms with E-state index < -0.39 is 0 Å². The molecular weight excluding hydrogens is 292 g/mol. The maximum absolute atomic E-state index is 12.4. The Balaban J connectivity index is 1.37. The summed E-state index contributed by atoms with van der Waals surface area (Å²) >= 11 is 0. The Morgan fingerprint density at radius 3 is 2.83 bits per heavy atom. The van der Waals surface area contributed by atoms with E-state index in [2.05, 4.69) is 29.1 Å². The zero-order valence-electron chi connectivity index (χ0n) is 13.6. The molecule has 2 aromatic heterocycles. The van der Waals surface area contributed by atoms with Gasteiger partial charge in [-0.1, -0.05) is 6.92 Å². The van der Waals surface area contributed by atoms with Crippen molar-refractivity contribution < 1.29 is 9.21 Å². The normalized spacial score (nSPS) is 25.1. The molecule has 0 radical (unpaired) electrons. The summed E-state index contributed by atoms with van der Waals surface area (Å²) in [6, 6.07) is 4.15. The third-order valence-corrected chi connectivity index (χ3v) is 4.84. The number of nitrogens with zero attached hydrogens (tertiary/aromatic N) is 4. The molecular formula is C17H22N4O2. The molecule has 122 valence electrons. The lowest BCUT2D eigenvalue weighted by Crippen LogP contribution is -2.50. The third kappa shape index (κ3) is 2.91. The lowest BCUT2D eigenvalue weighted by atomic mass is 10.2. The largest absolute Gasteiger partial charge is 0.464 e. The van der Waals surface area contributed by atoms with Gasteiger partial charge in [0.05, 0.1) is 25.0 Å². The van der Waals surface area contributed by atoms with Crippen LogP contribution >= 0.6 is 0 Å². The highest BCUT2D eigenvalue weighted by Crippen LogP contribution is 2.47. The van der Waals surface area contributed by atoms with Crippen molar-refractivity contribution in [2.45, 2.75) is 25.8 Å². The first-order chi connectivity index (χ1) is 11.1. The zero-order chi connectivity index (χ0) is 16.0. The molecule has 1 saturated carbocycles. The highest BCUT2D eigenvalue weighted by atomic mass is 16.3. The van der Waals surface area contributed by atoms with Gasteiger partial charge in [-0.15, -0.1) is 0 Å². The van der Waals surface area contributed by atoms with Gasteiger partial charge in [-0.05, 0) is 24.5 Å². The molecule has 6 heteroatoms. The summed E-state index contributed by atoms with van der Waals surface area (Å²) in [5, 5.41) is 4.14. The number of carbonyl (C=O) groups excluding carboxylic acids is 1. The maximum Gasteiger partial charge on any atom is 0.241 e. The molecule has 1 amide bonds. The number of piperazine rings is 1. The Morgan fingerprint density at radius 2 is 2.17 bits per heavy atom. The first kappa shape index (κ1) is 14.5. The van der Waals surface area contributed by atoms with E-state index in [0.717, 1.165) is 29.7 Å². The van der Waals surface area contributed by atoms with Gasteiger partial charge in [-0.2, -0.15) is 5.10 Å². The van der Waals surface area contributed by atoms with E-state index >= 15 is 0 Å². The Labute approximate surface area is 135 Å². The van der Waals surface area contributed by atoms with Crippen molar-refractivity contribution in [3.63, 3.8) is 0 Å². The van der Waals surface area contributed by atoms with Crippen molar-refractivity contribution in [3.8, 4) is 0 Å². The topological polar surface area (TPSA) is 54.5 Å². The first-order valence-electron chi connectivity index (χ1n) is 8.20. The van der Waals surface area contributed by atoms with Crippen molar-refractivity contribution in [3.05, 3.63) is 36.0 Å². The van der Waals surface area contributed by atoms with Crippen molar-refractivity contribution in [2.75, 3.05) is 24.5 Å². The quantitative estimate of drug-likeness (QED) is 0.866. The predicted octanol–water partition coefficient (Wildman–Crippen LogP) is 1.99. The van der Waals surface area contributed by atoms with E-state index in [4.69, 9.17) is 4.42 Å². The van der Waals surface area contributed by atoms with E-state index in [1.807, 2.05) is 18.1 Å². The molecule has 1 aliphatic carbocycles. The van der Waals surface area contributed by atoms with Crippen LogP contribution in [-0.4, -0.2) is 40.2 Å². The fraction of sp³-hybridized carbons (Fsp3) is 0.529. The molecule has 0 bridgehead atoms. The van der Waals surface area contributed by atoms with Crippen LogP contribution in [0.15, 0.2) is 28.9 Å². The summed E-state index contributed by atoms with van der Waals surface area (Å²) in [5.74, 6) is 3.54. The number of anilines is 1. The minimum atomic E-state index is 0.117. The zero-order valence-corrected chi connectivity index (χ0v) is 13.6. The number of amides is 1. The summed E-state index contributed by atoms with van der Waals surface area (Å²) in [6.45, 7) is 4.91. The van der Waals surface area contributed by atoms with Crippen molar-refractivity contribution in [2.24, 2.45) is 13.0 Å². The molecule has 1 aliphatic heterocycles. The van der Waals surface area contributed by atoms with Gasteiger partial charge in [0.15, 0.2) is 0 Å². The van der Waals surface area contributed by atoms with Gasteiger partial charge < -0.3 is 9.32 Å². The lowest BCUT2D eigenvalue weighted by molar-refractivity contribution is -0.121. The number of carbonyl (C=O) groups is 1. The molecule has 2 fully saturated rings. The molecule has 4 rings (SSSR count). The SMILES string of the molecule is CC1CC1c1ccc(CN2CCN(c3cnn(C)c3)C(=O)C2)o1. The fourth-order valence-electron chi connectivity index (χ4n) is 3.30. The van der Waals surface area contributed by atoms with Crippen molar-refractivity contribution in [1.29, 1.82) is 0 Å². The van der Waals surface area contributed by atoms with Gasteiger partial charge in [0.1, 0.15) is 11.5 Å². The lowest BCUT2D eigenvalue weighted by Gasteiger charge is -2.33. The van der Waals surface area contributed by atoms with E-state index in [1.54, 1.807) is 10.9 Å². The average molecular weight is 314 g/mol. The Morgan fingerprint density at radius 1 is 1.35 bits per heavy atom. The van der Waals surface area contributed by atoms with E-state index in [-0.39, 0.29) is 5.91 Å². The Hall–Kier alpha value is -2.08. The summed E-state index contributed by atoms with van der Waals surface area (Å²) < 4.78 is 7.67. The number of aryl methyl sites for hydroxylation is 1. The third-order valence-electron chi connectivity index (χ3n) is 4.84. The van der Waals surface area contributed by atoms with E-state index in [9.17, 15) is 4.79 Å². The van der Waals surface area contributed by atoms with Gasteiger partial charge in [-0.3, -0.25) is 14.4 Å². The second-order valence-electron chi connectivity index (χ2n) is 6.75. The Kier molecular flexibility index (Phi) is 3.49. The van der Waals surface area contributed by atoms with Crippen LogP contribution in [0.2, 0.25) is 0 Å². The van der Waals surface area contributed by atoms with Gasteiger partial charge in [0.2, 0.25) is 5.91 Å². The summed E-state index contributed by atoms with van der Waals surface area (Å²) in [7, 11) is 1.86. The molecule has 1 saturated heterocycles. The molecule has 0 N–H and O–H groups in total. The molecule has 3 heterocycles. The van der Waals surface area contributed by atoms with Crippen LogP contribution in [0.3, 0.4) is 0 Å². The summed E-state index contributed by atoms with van der Waals surface area (Å²) in [6.07, 6.45) is 4.85. The highest BCUT2D eigenvalue weighted by molar-refractivity contribution is 5.95. The second-order valence-corrected chi connectivity index (χ2v) is 6.75. The standard InChI is InChI=1S/C17H22N4O2/c1-12-7-15(12)16-4-3-14(23-16)10-20-5-6-21(17(22)11-20)13-8-18-19(2)9-13/h3-4,8-9,12,15H,5-7,10-11H2,1-2H3. The number of hydrogen-bond donors (Lipinski definition) is 0. The minimum absolute atomic E-state index is 0.117. The molecule has 6 nitrogen and oxygen atoms in total. The van der Waals surface area contributed by atoms with Crippen molar-refractivity contribution >= 4 is 11.6 Å². The predicted molar refractivity (Wildman–Crippen MR) is 86.1 cm³/mol.